The van der Waals surface area contributed by atoms with Crippen molar-refractivity contribution >= 4 is 11.9 Å². The van der Waals surface area contributed by atoms with Crippen LogP contribution in [0, 0.1) is 6.92 Å². The Morgan fingerprint density at radius 3 is 2.43 bits per heavy atom. The third kappa shape index (κ3) is 3.62. The predicted molar refractivity (Wildman–Crippen MR) is 74.1 cm³/mol. The van der Waals surface area contributed by atoms with Crippen LogP contribution < -0.4 is 5.32 Å². The number of phenolic OH excluding ortho intramolecular Hbond substituents is 1. The Kier molecular flexibility index (Phi) is 4.27. The molecule has 0 radical (unpaired) electrons. The van der Waals surface area contributed by atoms with E-state index in [2.05, 4.69) is 5.32 Å². The van der Waals surface area contributed by atoms with Crippen molar-refractivity contribution in [3.8, 4) is 5.75 Å². The summed E-state index contributed by atoms with van der Waals surface area (Å²) in [5, 5.41) is 20.9. The zero-order valence-corrected chi connectivity index (χ0v) is 11.4. The van der Waals surface area contributed by atoms with E-state index in [-0.39, 0.29) is 12.2 Å². The molecule has 1 heterocycles. The number of phenols is 1. The van der Waals surface area contributed by atoms with Gasteiger partial charge in [0, 0.05) is 6.42 Å². The van der Waals surface area contributed by atoms with Gasteiger partial charge in [0.25, 0.3) is 5.91 Å². The number of benzene rings is 1. The van der Waals surface area contributed by atoms with Crippen LogP contribution in [0.15, 0.2) is 41.0 Å². The van der Waals surface area contributed by atoms with Crippen molar-refractivity contribution in [1.82, 2.24) is 5.32 Å². The molecule has 1 atom stereocenters. The monoisotopic (exact) mass is 289 g/mol. The lowest BCUT2D eigenvalue weighted by Gasteiger charge is -2.14. The number of carbonyl (C=O) groups is 2. The lowest BCUT2D eigenvalue weighted by molar-refractivity contribution is -0.139. The third-order valence-corrected chi connectivity index (χ3v) is 3.08. The van der Waals surface area contributed by atoms with E-state index in [1.807, 2.05) is 0 Å². The molecule has 0 saturated carbocycles. The van der Waals surface area contributed by atoms with Crippen LogP contribution in [-0.4, -0.2) is 28.1 Å². The Labute approximate surface area is 121 Å². The maximum atomic E-state index is 12.0. The molecule has 0 fully saturated rings. The van der Waals surface area contributed by atoms with Crippen molar-refractivity contribution in [3.05, 3.63) is 53.5 Å². The van der Waals surface area contributed by atoms with Crippen molar-refractivity contribution in [2.75, 3.05) is 0 Å². The SMILES string of the molecule is Cc1occc1C(=O)N[C@H](Cc1ccc(O)cc1)C(=O)O. The van der Waals surface area contributed by atoms with Gasteiger partial charge in [-0.05, 0) is 30.7 Å². The number of carboxylic acids is 1. The van der Waals surface area contributed by atoms with Gasteiger partial charge in [-0.1, -0.05) is 12.1 Å². The van der Waals surface area contributed by atoms with Gasteiger partial charge in [0.2, 0.25) is 0 Å². The molecule has 1 aromatic carbocycles. The summed E-state index contributed by atoms with van der Waals surface area (Å²) in [6.45, 7) is 1.63. The van der Waals surface area contributed by atoms with Gasteiger partial charge >= 0.3 is 5.97 Å². The predicted octanol–water partition coefficient (Wildman–Crippen LogP) is 1.72. The second kappa shape index (κ2) is 6.13. The highest BCUT2D eigenvalue weighted by atomic mass is 16.4. The van der Waals surface area contributed by atoms with Crippen molar-refractivity contribution in [2.45, 2.75) is 19.4 Å². The number of nitrogens with one attached hydrogen (secondary N) is 1. The van der Waals surface area contributed by atoms with Gasteiger partial charge in [-0.3, -0.25) is 4.79 Å². The van der Waals surface area contributed by atoms with E-state index in [0.29, 0.717) is 16.9 Å². The van der Waals surface area contributed by atoms with Crippen LogP contribution in [0.25, 0.3) is 0 Å². The Morgan fingerprint density at radius 1 is 1.24 bits per heavy atom. The summed E-state index contributed by atoms with van der Waals surface area (Å²) in [6, 6.07) is 6.59. The number of aromatic hydroxyl groups is 1. The first kappa shape index (κ1) is 14.6. The molecule has 1 aromatic heterocycles. The highest BCUT2D eigenvalue weighted by molar-refractivity contribution is 5.97. The molecule has 6 heteroatoms. The first-order chi connectivity index (χ1) is 9.97. The second-order valence-electron chi connectivity index (χ2n) is 4.63. The number of aliphatic carboxylic acids is 1. The van der Waals surface area contributed by atoms with Crippen LogP contribution >= 0.6 is 0 Å². The number of aryl methyl sites for hydroxylation is 1. The first-order valence-electron chi connectivity index (χ1n) is 6.33. The maximum Gasteiger partial charge on any atom is 0.326 e. The quantitative estimate of drug-likeness (QED) is 0.778. The maximum absolute atomic E-state index is 12.0. The summed E-state index contributed by atoms with van der Waals surface area (Å²) < 4.78 is 5.02. The normalized spacial score (nSPS) is 11.9. The van der Waals surface area contributed by atoms with Crippen LogP contribution in [0.1, 0.15) is 21.7 Å². The second-order valence-corrected chi connectivity index (χ2v) is 4.63. The molecule has 3 N–H and O–H groups in total. The first-order valence-corrected chi connectivity index (χ1v) is 6.33. The van der Waals surface area contributed by atoms with E-state index in [4.69, 9.17) is 4.42 Å². The van der Waals surface area contributed by atoms with Crippen LogP contribution in [0.5, 0.6) is 5.75 Å². The Balaban J connectivity index is 2.09. The number of carboxylic acid groups (broad SMARTS) is 1. The molecule has 0 unspecified atom stereocenters. The summed E-state index contributed by atoms with van der Waals surface area (Å²) in [5.74, 6) is -1.09. The van der Waals surface area contributed by atoms with Crippen molar-refractivity contribution < 1.29 is 24.2 Å². The molecular formula is C15H15NO5. The zero-order chi connectivity index (χ0) is 15.4. The summed E-state index contributed by atoms with van der Waals surface area (Å²) in [5.41, 5.74) is 1.01. The Morgan fingerprint density at radius 2 is 1.90 bits per heavy atom. The smallest absolute Gasteiger partial charge is 0.326 e. The van der Waals surface area contributed by atoms with E-state index in [9.17, 15) is 19.8 Å². The fraction of sp³-hybridized carbons (Fsp3) is 0.200. The van der Waals surface area contributed by atoms with Gasteiger partial charge in [0.05, 0.1) is 11.8 Å². The fourth-order valence-corrected chi connectivity index (χ4v) is 1.92. The number of carbonyl (C=O) groups excluding carboxylic acids is 1. The largest absolute Gasteiger partial charge is 0.508 e. The van der Waals surface area contributed by atoms with E-state index >= 15 is 0 Å². The molecule has 0 aliphatic rings. The van der Waals surface area contributed by atoms with Crippen molar-refractivity contribution in [1.29, 1.82) is 0 Å². The van der Waals surface area contributed by atoms with Crippen molar-refractivity contribution in [3.63, 3.8) is 0 Å². The Hall–Kier alpha value is -2.76. The molecule has 0 aliphatic heterocycles. The number of rotatable bonds is 5. The minimum absolute atomic E-state index is 0.101. The minimum Gasteiger partial charge on any atom is -0.508 e. The molecule has 0 saturated heterocycles. The van der Waals surface area contributed by atoms with Crippen LogP contribution in [0.2, 0.25) is 0 Å². The van der Waals surface area contributed by atoms with Gasteiger partial charge in [0.15, 0.2) is 0 Å². The van der Waals surface area contributed by atoms with Gasteiger partial charge in [-0.25, -0.2) is 4.79 Å². The molecule has 1 amide bonds. The van der Waals surface area contributed by atoms with Crippen molar-refractivity contribution in [2.24, 2.45) is 0 Å². The molecule has 2 aromatic rings. The van der Waals surface area contributed by atoms with Gasteiger partial charge < -0.3 is 19.9 Å². The lowest BCUT2D eigenvalue weighted by Crippen LogP contribution is -2.42. The van der Waals surface area contributed by atoms with Gasteiger partial charge in [-0.2, -0.15) is 0 Å². The molecule has 6 nitrogen and oxygen atoms in total. The Bertz CT molecular complexity index is 644. The van der Waals surface area contributed by atoms with Gasteiger partial charge in [0.1, 0.15) is 17.6 Å². The molecule has 0 aliphatic carbocycles. The molecule has 2 rings (SSSR count). The average Bonchev–Trinajstić information content (AvgIpc) is 2.86. The lowest BCUT2D eigenvalue weighted by atomic mass is 10.1. The number of hydrogen-bond donors (Lipinski definition) is 3. The number of furan rings is 1. The average molecular weight is 289 g/mol. The van der Waals surface area contributed by atoms with E-state index in [1.165, 1.54) is 24.5 Å². The topological polar surface area (TPSA) is 99.8 Å². The highest BCUT2D eigenvalue weighted by Crippen LogP contribution is 2.13. The zero-order valence-electron chi connectivity index (χ0n) is 11.4. The van der Waals surface area contributed by atoms with E-state index in [1.54, 1.807) is 19.1 Å². The minimum atomic E-state index is -1.13. The van der Waals surface area contributed by atoms with E-state index < -0.39 is 17.9 Å². The molecule has 21 heavy (non-hydrogen) atoms. The van der Waals surface area contributed by atoms with E-state index in [0.717, 1.165) is 0 Å². The number of hydrogen-bond acceptors (Lipinski definition) is 4. The summed E-state index contributed by atoms with van der Waals surface area (Å²) in [4.78, 5) is 23.3. The standard InChI is InChI=1S/C15H15NO5/c1-9-12(6-7-21-9)14(18)16-13(15(19)20)8-10-2-4-11(17)5-3-10/h2-7,13,17H,8H2,1H3,(H,16,18)(H,19,20)/t13-/m1/s1. The van der Waals surface area contributed by atoms with Gasteiger partial charge in [-0.15, -0.1) is 0 Å². The summed E-state index contributed by atoms with van der Waals surface area (Å²) in [6.07, 6.45) is 1.50. The highest BCUT2D eigenvalue weighted by Gasteiger charge is 2.22. The summed E-state index contributed by atoms with van der Waals surface area (Å²) >= 11 is 0. The van der Waals surface area contributed by atoms with Crippen LogP contribution in [0.4, 0.5) is 0 Å². The molecular weight excluding hydrogens is 274 g/mol. The summed E-state index contributed by atoms with van der Waals surface area (Å²) in [7, 11) is 0. The number of amides is 1. The van der Waals surface area contributed by atoms with Crippen LogP contribution in [0.3, 0.4) is 0 Å². The molecule has 110 valence electrons. The fourth-order valence-electron chi connectivity index (χ4n) is 1.92. The van der Waals surface area contributed by atoms with Crippen LogP contribution in [-0.2, 0) is 11.2 Å². The molecule has 0 spiro atoms. The molecule has 0 bridgehead atoms. The third-order valence-electron chi connectivity index (χ3n) is 3.08.